The minimum absolute atomic E-state index is 0. The summed E-state index contributed by atoms with van der Waals surface area (Å²) in [5.41, 5.74) is 5.87. The number of aryl methyl sites for hydroxylation is 2. The average molecular weight is 365 g/mol. The van der Waals surface area contributed by atoms with Crippen LogP contribution < -0.4 is 0 Å². The quantitative estimate of drug-likeness (QED) is 0.499. The van der Waals surface area contributed by atoms with E-state index in [0.717, 1.165) is 11.8 Å². The van der Waals surface area contributed by atoms with Crippen molar-refractivity contribution in [3.63, 3.8) is 0 Å². The lowest BCUT2D eigenvalue weighted by Crippen LogP contribution is -2.04. The fourth-order valence-corrected chi connectivity index (χ4v) is 4.55. The maximum absolute atomic E-state index is 2.31. The van der Waals surface area contributed by atoms with E-state index in [4.69, 9.17) is 0 Å². The molecule has 2 saturated carbocycles. The first kappa shape index (κ1) is 21.7. The Labute approximate surface area is 168 Å². The molecule has 0 saturated heterocycles. The Morgan fingerprint density at radius 3 is 1.07 bits per heavy atom. The minimum Gasteiger partial charge on any atom is -0.0776 e. The highest BCUT2D eigenvalue weighted by Gasteiger charge is 2.15. The van der Waals surface area contributed by atoms with Crippen molar-refractivity contribution in [2.75, 3.05) is 0 Å². The molecule has 0 heterocycles. The monoisotopic (exact) mass is 364 g/mol. The number of hydrogen-bond donors (Lipinski definition) is 0. The molecule has 0 aromatic heterocycles. The van der Waals surface area contributed by atoms with Crippen LogP contribution in [0, 0.1) is 13.8 Å². The molecule has 0 bridgehead atoms. The van der Waals surface area contributed by atoms with Gasteiger partial charge in [0.05, 0.1) is 0 Å². The molecular weight excluding hydrogens is 324 g/mol. The molecule has 0 N–H and O–H groups in total. The normalized spacial score (nSPS) is 18.1. The molecule has 0 nitrogen and oxygen atoms in total. The highest BCUT2D eigenvalue weighted by atomic mass is 14.2. The van der Waals surface area contributed by atoms with Crippen LogP contribution in [0.4, 0.5) is 0 Å². The van der Waals surface area contributed by atoms with Gasteiger partial charge in [-0.1, -0.05) is 106 Å². The highest BCUT2D eigenvalue weighted by molar-refractivity contribution is 5.25. The Morgan fingerprint density at radius 1 is 0.481 bits per heavy atom. The van der Waals surface area contributed by atoms with Gasteiger partial charge in [0.25, 0.3) is 0 Å². The molecule has 2 aromatic carbocycles. The first-order valence-electron chi connectivity index (χ1n) is 10.9. The lowest BCUT2D eigenvalue weighted by molar-refractivity contribution is 0.443. The smallest absolute Gasteiger partial charge is 0.0162 e. The number of rotatable bonds is 2. The summed E-state index contributed by atoms with van der Waals surface area (Å²) >= 11 is 0. The predicted molar refractivity (Wildman–Crippen MR) is 121 cm³/mol. The molecule has 2 aliphatic carbocycles. The van der Waals surface area contributed by atoms with Gasteiger partial charge in [-0.2, -0.15) is 0 Å². The average Bonchev–Trinajstić information content (AvgIpc) is 2.71. The summed E-state index contributed by atoms with van der Waals surface area (Å²) in [5, 5.41) is 0. The molecule has 0 radical (unpaired) electrons. The SMILES string of the molecule is C.Cc1ccc(C2CCCCC2)cc1.Cc1ccc(C2CCCCC2)cc1. The van der Waals surface area contributed by atoms with Gasteiger partial charge in [-0.05, 0) is 62.5 Å². The molecule has 0 atom stereocenters. The molecule has 2 aliphatic rings. The van der Waals surface area contributed by atoms with E-state index < -0.39 is 0 Å². The maximum atomic E-state index is 2.31. The summed E-state index contributed by atoms with van der Waals surface area (Å²) in [4.78, 5) is 0. The van der Waals surface area contributed by atoms with Crippen LogP contribution in [0.25, 0.3) is 0 Å². The summed E-state index contributed by atoms with van der Waals surface area (Å²) in [7, 11) is 0. The van der Waals surface area contributed by atoms with E-state index in [1.807, 2.05) is 0 Å². The lowest BCUT2D eigenvalue weighted by Gasteiger charge is -2.21. The third kappa shape index (κ3) is 6.83. The van der Waals surface area contributed by atoms with Gasteiger partial charge in [-0.3, -0.25) is 0 Å². The van der Waals surface area contributed by atoms with Crippen molar-refractivity contribution in [3.05, 3.63) is 70.8 Å². The Bertz CT molecular complexity index is 563. The topological polar surface area (TPSA) is 0 Å². The Balaban J connectivity index is 0.000000187. The fourth-order valence-electron chi connectivity index (χ4n) is 4.55. The molecule has 0 aliphatic heterocycles. The van der Waals surface area contributed by atoms with Gasteiger partial charge >= 0.3 is 0 Å². The molecule has 0 amide bonds. The van der Waals surface area contributed by atoms with Crippen LogP contribution in [0.5, 0.6) is 0 Å². The van der Waals surface area contributed by atoms with Gasteiger partial charge in [0.1, 0.15) is 0 Å². The Morgan fingerprint density at radius 2 is 0.778 bits per heavy atom. The van der Waals surface area contributed by atoms with Crippen molar-refractivity contribution in [3.8, 4) is 0 Å². The maximum Gasteiger partial charge on any atom is -0.0162 e. The van der Waals surface area contributed by atoms with Gasteiger partial charge in [0, 0.05) is 0 Å². The van der Waals surface area contributed by atoms with Crippen molar-refractivity contribution in [2.45, 2.75) is 97.3 Å². The van der Waals surface area contributed by atoms with Crippen LogP contribution >= 0.6 is 0 Å². The van der Waals surface area contributed by atoms with Gasteiger partial charge in [0.15, 0.2) is 0 Å². The standard InChI is InChI=1S/2C13H18.CH4/c2*1-11-7-9-13(10-8-11)12-5-3-2-4-6-12;/h2*7-10,12H,2-6H2,1H3;1H4. The molecule has 0 spiro atoms. The Kier molecular flexibility index (Phi) is 9.11. The first-order valence-corrected chi connectivity index (χ1v) is 10.9. The molecule has 4 rings (SSSR count). The van der Waals surface area contributed by atoms with Crippen LogP contribution in [-0.4, -0.2) is 0 Å². The zero-order chi connectivity index (χ0) is 18.2. The van der Waals surface area contributed by atoms with Crippen LogP contribution in [-0.2, 0) is 0 Å². The summed E-state index contributed by atoms with van der Waals surface area (Å²) in [6.45, 7) is 4.31. The summed E-state index contributed by atoms with van der Waals surface area (Å²) < 4.78 is 0. The third-order valence-corrected chi connectivity index (χ3v) is 6.31. The molecule has 27 heavy (non-hydrogen) atoms. The van der Waals surface area contributed by atoms with Crippen molar-refractivity contribution >= 4 is 0 Å². The zero-order valence-corrected chi connectivity index (χ0v) is 16.8. The summed E-state index contributed by atoms with van der Waals surface area (Å²) in [5.74, 6) is 1.71. The van der Waals surface area contributed by atoms with Crippen LogP contribution in [0.15, 0.2) is 48.5 Å². The largest absolute Gasteiger partial charge is 0.0776 e. The van der Waals surface area contributed by atoms with E-state index in [1.165, 1.54) is 75.3 Å². The summed E-state index contributed by atoms with van der Waals surface area (Å²) in [6, 6.07) is 18.2. The second-order valence-electron chi connectivity index (χ2n) is 8.49. The number of hydrogen-bond acceptors (Lipinski definition) is 0. The van der Waals surface area contributed by atoms with E-state index >= 15 is 0 Å². The van der Waals surface area contributed by atoms with Crippen molar-refractivity contribution in [1.82, 2.24) is 0 Å². The van der Waals surface area contributed by atoms with Gasteiger partial charge in [-0.15, -0.1) is 0 Å². The van der Waals surface area contributed by atoms with Crippen LogP contribution in [0.2, 0.25) is 0 Å². The summed E-state index contributed by atoms with van der Waals surface area (Å²) in [6.07, 6.45) is 14.2. The third-order valence-electron chi connectivity index (χ3n) is 6.31. The molecular formula is C27H40. The van der Waals surface area contributed by atoms with E-state index in [2.05, 4.69) is 62.4 Å². The molecule has 148 valence electrons. The highest BCUT2D eigenvalue weighted by Crippen LogP contribution is 2.33. The van der Waals surface area contributed by atoms with Gasteiger partial charge in [0.2, 0.25) is 0 Å². The Hall–Kier alpha value is -1.56. The van der Waals surface area contributed by atoms with Crippen molar-refractivity contribution in [1.29, 1.82) is 0 Å². The molecule has 0 heteroatoms. The second kappa shape index (κ2) is 11.3. The lowest BCUT2D eigenvalue weighted by atomic mass is 9.84. The fraction of sp³-hybridized carbons (Fsp3) is 0.556. The van der Waals surface area contributed by atoms with Gasteiger partial charge in [-0.25, -0.2) is 0 Å². The number of benzene rings is 2. The second-order valence-corrected chi connectivity index (χ2v) is 8.49. The molecule has 2 aromatic rings. The van der Waals surface area contributed by atoms with Crippen LogP contribution in [0.1, 0.15) is 106 Å². The van der Waals surface area contributed by atoms with Crippen molar-refractivity contribution < 1.29 is 0 Å². The molecule has 2 fully saturated rings. The van der Waals surface area contributed by atoms with E-state index in [0.29, 0.717) is 0 Å². The van der Waals surface area contributed by atoms with E-state index in [9.17, 15) is 0 Å². The van der Waals surface area contributed by atoms with E-state index in [-0.39, 0.29) is 7.43 Å². The van der Waals surface area contributed by atoms with Gasteiger partial charge < -0.3 is 0 Å². The molecule has 0 unspecified atom stereocenters. The van der Waals surface area contributed by atoms with E-state index in [1.54, 1.807) is 11.1 Å². The van der Waals surface area contributed by atoms with Crippen molar-refractivity contribution in [2.24, 2.45) is 0 Å². The van der Waals surface area contributed by atoms with Crippen LogP contribution in [0.3, 0.4) is 0 Å². The minimum atomic E-state index is 0. The predicted octanol–water partition coefficient (Wildman–Crippen LogP) is 8.72. The first-order chi connectivity index (χ1) is 12.7. The zero-order valence-electron chi connectivity index (χ0n) is 16.8.